The van der Waals surface area contributed by atoms with Crippen LogP contribution in [0.2, 0.25) is 0 Å². The first kappa shape index (κ1) is 13.9. The van der Waals surface area contributed by atoms with E-state index in [1.54, 1.807) is 0 Å². The van der Waals surface area contributed by atoms with Gasteiger partial charge >= 0.3 is 0 Å². The molecule has 2 amide bonds. The normalized spacial score (nSPS) is 37.5. The van der Waals surface area contributed by atoms with Crippen LogP contribution in [0.25, 0.3) is 0 Å². The summed E-state index contributed by atoms with van der Waals surface area (Å²) in [5, 5.41) is 2.87. The van der Waals surface area contributed by atoms with Crippen molar-refractivity contribution in [3.63, 3.8) is 0 Å². The molecule has 4 rings (SSSR count). The van der Waals surface area contributed by atoms with Gasteiger partial charge in [0, 0.05) is 12.6 Å². The molecule has 0 saturated carbocycles. The summed E-state index contributed by atoms with van der Waals surface area (Å²) >= 11 is 0. The van der Waals surface area contributed by atoms with Crippen LogP contribution in [0, 0.1) is 11.8 Å². The van der Waals surface area contributed by atoms with Crippen LogP contribution in [0.15, 0.2) is 0 Å². The van der Waals surface area contributed by atoms with Gasteiger partial charge in [-0.2, -0.15) is 0 Å². The SMILES string of the molecule is CC(C)CC1NC(=O)CN(C2CN3CCC2CC3)C1=O. The summed E-state index contributed by atoms with van der Waals surface area (Å²) in [6.45, 7) is 7.70. The number of nitrogens with one attached hydrogen (secondary N) is 1. The molecule has 4 aliphatic rings. The molecule has 2 atom stereocenters. The van der Waals surface area contributed by atoms with Crippen molar-refractivity contribution in [2.24, 2.45) is 11.8 Å². The first-order valence-electron chi connectivity index (χ1n) is 7.87. The maximum absolute atomic E-state index is 12.7. The van der Waals surface area contributed by atoms with Gasteiger partial charge in [0.05, 0.1) is 6.54 Å². The Bertz CT molecular complexity index is 402. The molecule has 4 fully saturated rings. The van der Waals surface area contributed by atoms with Crippen molar-refractivity contribution in [3.05, 3.63) is 0 Å². The molecule has 0 radical (unpaired) electrons. The summed E-state index contributed by atoms with van der Waals surface area (Å²) in [4.78, 5) is 28.9. The van der Waals surface area contributed by atoms with Gasteiger partial charge in [0.2, 0.25) is 11.8 Å². The van der Waals surface area contributed by atoms with E-state index in [1.165, 1.54) is 12.8 Å². The van der Waals surface area contributed by atoms with E-state index in [9.17, 15) is 9.59 Å². The molecule has 0 aromatic heterocycles. The van der Waals surface area contributed by atoms with Gasteiger partial charge in [0.25, 0.3) is 0 Å². The Labute approximate surface area is 120 Å². The van der Waals surface area contributed by atoms with Crippen LogP contribution in [0.3, 0.4) is 0 Å². The number of nitrogens with zero attached hydrogens (tertiary/aromatic N) is 2. The standard InChI is InChI=1S/C15H25N3O2/c1-10(2)7-12-15(20)18(9-14(19)16-12)13-8-17-5-3-11(13)4-6-17/h10-13H,3-9H2,1-2H3,(H,16,19). The molecule has 4 aliphatic heterocycles. The fraction of sp³-hybridized carbons (Fsp3) is 0.867. The Morgan fingerprint density at radius 3 is 2.50 bits per heavy atom. The van der Waals surface area contributed by atoms with Crippen LogP contribution < -0.4 is 5.32 Å². The van der Waals surface area contributed by atoms with Gasteiger partial charge in [0.15, 0.2) is 0 Å². The van der Waals surface area contributed by atoms with Crippen molar-refractivity contribution in [2.75, 3.05) is 26.2 Å². The van der Waals surface area contributed by atoms with Gasteiger partial charge in [-0.15, -0.1) is 0 Å². The number of rotatable bonds is 3. The second-order valence-corrected chi connectivity index (χ2v) is 6.92. The number of carbonyl (C=O) groups is 2. The lowest BCUT2D eigenvalue weighted by atomic mass is 9.82. The maximum Gasteiger partial charge on any atom is 0.245 e. The summed E-state index contributed by atoms with van der Waals surface area (Å²) in [5.74, 6) is 1.15. The van der Waals surface area contributed by atoms with Gasteiger partial charge in [-0.25, -0.2) is 0 Å². The van der Waals surface area contributed by atoms with E-state index in [2.05, 4.69) is 24.1 Å². The lowest BCUT2D eigenvalue weighted by molar-refractivity contribution is -0.151. The second-order valence-electron chi connectivity index (χ2n) is 6.92. The van der Waals surface area contributed by atoms with Crippen molar-refractivity contribution in [3.8, 4) is 0 Å². The Balaban J connectivity index is 1.74. The highest BCUT2D eigenvalue weighted by Crippen LogP contribution is 2.32. The molecule has 0 aromatic carbocycles. The van der Waals surface area contributed by atoms with Crippen molar-refractivity contribution < 1.29 is 9.59 Å². The number of piperazine rings is 1. The van der Waals surface area contributed by atoms with E-state index >= 15 is 0 Å². The summed E-state index contributed by atoms with van der Waals surface area (Å²) in [6.07, 6.45) is 3.08. The monoisotopic (exact) mass is 279 g/mol. The molecule has 112 valence electrons. The number of hydrogen-bond donors (Lipinski definition) is 1. The maximum atomic E-state index is 12.7. The van der Waals surface area contributed by atoms with Gasteiger partial charge in [-0.05, 0) is 44.2 Å². The van der Waals surface area contributed by atoms with Crippen LogP contribution in [0.5, 0.6) is 0 Å². The molecule has 5 nitrogen and oxygen atoms in total. The lowest BCUT2D eigenvalue weighted by Crippen LogP contribution is -2.66. The molecular formula is C15H25N3O2. The average Bonchev–Trinajstić information content (AvgIpc) is 2.43. The lowest BCUT2D eigenvalue weighted by Gasteiger charge is -2.50. The first-order valence-corrected chi connectivity index (χ1v) is 7.87. The van der Waals surface area contributed by atoms with E-state index in [0.717, 1.165) is 26.1 Å². The predicted octanol–water partition coefficient (Wildman–Crippen LogP) is 0.454. The van der Waals surface area contributed by atoms with Crippen molar-refractivity contribution in [1.29, 1.82) is 0 Å². The molecule has 1 N–H and O–H groups in total. The number of amides is 2. The molecular weight excluding hydrogens is 254 g/mol. The van der Waals surface area contributed by atoms with Crippen molar-refractivity contribution >= 4 is 11.8 Å². The topological polar surface area (TPSA) is 52.7 Å². The Kier molecular flexibility index (Phi) is 3.71. The molecule has 0 aliphatic carbocycles. The zero-order valence-corrected chi connectivity index (χ0v) is 12.5. The van der Waals surface area contributed by atoms with E-state index in [1.807, 2.05) is 4.90 Å². The second kappa shape index (κ2) is 5.35. The molecule has 2 unspecified atom stereocenters. The molecule has 4 heterocycles. The third-order valence-corrected chi connectivity index (χ3v) is 4.96. The van der Waals surface area contributed by atoms with Crippen molar-refractivity contribution in [2.45, 2.75) is 45.2 Å². The minimum Gasteiger partial charge on any atom is -0.343 e. The summed E-state index contributed by atoms with van der Waals surface area (Å²) in [5.41, 5.74) is 0. The molecule has 0 aromatic rings. The van der Waals surface area contributed by atoms with Gasteiger partial charge in [-0.3, -0.25) is 9.59 Å². The van der Waals surface area contributed by atoms with E-state index in [0.29, 0.717) is 11.8 Å². The average molecular weight is 279 g/mol. The van der Waals surface area contributed by atoms with Crippen LogP contribution in [-0.2, 0) is 9.59 Å². The summed E-state index contributed by atoms with van der Waals surface area (Å²) < 4.78 is 0. The number of hydrogen-bond acceptors (Lipinski definition) is 3. The highest BCUT2D eigenvalue weighted by atomic mass is 16.2. The quantitative estimate of drug-likeness (QED) is 0.816. The van der Waals surface area contributed by atoms with Gasteiger partial charge in [-0.1, -0.05) is 13.8 Å². The molecule has 4 saturated heterocycles. The summed E-state index contributed by atoms with van der Waals surface area (Å²) in [7, 11) is 0. The van der Waals surface area contributed by atoms with E-state index in [-0.39, 0.29) is 30.4 Å². The number of fused-ring (bicyclic) bond motifs is 3. The minimum atomic E-state index is -0.313. The fourth-order valence-electron chi connectivity index (χ4n) is 3.93. The van der Waals surface area contributed by atoms with Crippen LogP contribution in [0.1, 0.15) is 33.1 Å². The van der Waals surface area contributed by atoms with Gasteiger partial charge in [0.1, 0.15) is 6.04 Å². The number of carbonyl (C=O) groups excluding carboxylic acids is 2. The molecule has 0 spiro atoms. The van der Waals surface area contributed by atoms with Gasteiger partial charge < -0.3 is 15.1 Å². The van der Waals surface area contributed by atoms with E-state index < -0.39 is 0 Å². The highest BCUT2D eigenvalue weighted by molar-refractivity contribution is 5.95. The minimum absolute atomic E-state index is 0.00620. The third-order valence-electron chi connectivity index (χ3n) is 4.96. The van der Waals surface area contributed by atoms with E-state index in [4.69, 9.17) is 0 Å². The smallest absolute Gasteiger partial charge is 0.245 e. The fourth-order valence-corrected chi connectivity index (χ4v) is 3.93. The molecule has 5 heteroatoms. The predicted molar refractivity (Wildman–Crippen MR) is 76.1 cm³/mol. The van der Waals surface area contributed by atoms with Crippen molar-refractivity contribution in [1.82, 2.24) is 15.1 Å². The first-order chi connectivity index (χ1) is 9.54. The Morgan fingerprint density at radius 2 is 1.95 bits per heavy atom. The van der Waals surface area contributed by atoms with Crippen LogP contribution >= 0.6 is 0 Å². The molecule has 20 heavy (non-hydrogen) atoms. The highest BCUT2D eigenvalue weighted by Gasteiger charge is 2.43. The Morgan fingerprint density at radius 1 is 1.25 bits per heavy atom. The Hall–Kier alpha value is -1.10. The zero-order chi connectivity index (χ0) is 14.3. The molecule has 2 bridgehead atoms. The third kappa shape index (κ3) is 2.55. The largest absolute Gasteiger partial charge is 0.343 e. The zero-order valence-electron chi connectivity index (χ0n) is 12.5. The van der Waals surface area contributed by atoms with Crippen LogP contribution in [-0.4, -0.2) is 59.9 Å². The van der Waals surface area contributed by atoms with Crippen LogP contribution in [0.4, 0.5) is 0 Å². The summed E-state index contributed by atoms with van der Waals surface area (Å²) in [6, 6.07) is -0.0579. The number of piperidine rings is 3.